The molecule has 0 spiro atoms. The highest BCUT2D eigenvalue weighted by atomic mass is 32.1. The van der Waals surface area contributed by atoms with Gasteiger partial charge in [-0.3, -0.25) is 0 Å². The largest absolute Gasteiger partial charge is 0.309 e. The van der Waals surface area contributed by atoms with Gasteiger partial charge in [0.15, 0.2) is 5.82 Å². The van der Waals surface area contributed by atoms with Crippen molar-refractivity contribution in [1.82, 2.24) is 14.5 Å². The molecule has 3 nitrogen and oxygen atoms in total. The second kappa shape index (κ2) is 13.3. The van der Waals surface area contributed by atoms with E-state index in [1.54, 1.807) is 0 Å². The predicted molar refractivity (Wildman–Crippen MR) is 236 cm³/mol. The van der Waals surface area contributed by atoms with Crippen molar-refractivity contribution in [2.45, 2.75) is 0 Å². The summed E-state index contributed by atoms with van der Waals surface area (Å²) in [7, 11) is 0. The molecule has 0 aliphatic rings. The number of aromatic nitrogens is 3. The second-order valence-corrected chi connectivity index (χ2v) is 15.2. The van der Waals surface area contributed by atoms with Crippen LogP contribution in [0.25, 0.3) is 104 Å². The zero-order chi connectivity index (χ0) is 37.0. The zero-order valence-corrected chi connectivity index (χ0v) is 31.1. The van der Waals surface area contributed by atoms with Gasteiger partial charge in [0.25, 0.3) is 0 Å². The van der Waals surface area contributed by atoms with Crippen molar-refractivity contribution in [3.05, 3.63) is 200 Å². The van der Waals surface area contributed by atoms with Crippen LogP contribution in [0.3, 0.4) is 0 Å². The van der Waals surface area contributed by atoms with E-state index < -0.39 is 0 Å². The quantitative estimate of drug-likeness (QED) is 0.170. The summed E-state index contributed by atoms with van der Waals surface area (Å²) in [5.74, 6) is 0.719. The summed E-state index contributed by atoms with van der Waals surface area (Å²) in [5.41, 5.74) is 13.2. The molecule has 0 saturated carbocycles. The van der Waals surface area contributed by atoms with Gasteiger partial charge in [0.1, 0.15) is 0 Å². The number of thiophene rings is 1. The van der Waals surface area contributed by atoms with E-state index in [1.807, 2.05) is 11.3 Å². The van der Waals surface area contributed by atoms with Gasteiger partial charge in [-0.05, 0) is 58.7 Å². The van der Waals surface area contributed by atoms with Crippen molar-refractivity contribution in [2.24, 2.45) is 0 Å². The van der Waals surface area contributed by atoms with E-state index in [2.05, 4.69) is 205 Å². The van der Waals surface area contributed by atoms with Crippen LogP contribution in [0, 0.1) is 0 Å². The molecule has 0 atom stereocenters. The minimum Gasteiger partial charge on any atom is -0.309 e. The average molecular weight is 732 g/mol. The topological polar surface area (TPSA) is 30.7 Å². The first kappa shape index (κ1) is 32.3. The first-order chi connectivity index (χ1) is 27.8. The molecule has 0 bridgehead atoms. The van der Waals surface area contributed by atoms with Crippen molar-refractivity contribution >= 4 is 53.3 Å². The molecule has 11 aromatic rings. The number of nitrogens with zero attached hydrogens (tertiary/aromatic N) is 3. The van der Waals surface area contributed by atoms with Gasteiger partial charge < -0.3 is 4.57 Å². The van der Waals surface area contributed by atoms with E-state index in [9.17, 15) is 0 Å². The van der Waals surface area contributed by atoms with Crippen LogP contribution in [-0.4, -0.2) is 14.5 Å². The average Bonchev–Trinajstić information content (AvgIpc) is 3.83. The first-order valence-corrected chi connectivity index (χ1v) is 19.7. The smallest absolute Gasteiger partial charge is 0.161 e. The van der Waals surface area contributed by atoms with Gasteiger partial charge >= 0.3 is 0 Å². The Bertz CT molecular complexity index is 3100. The first-order valence-electron chi connectivity index (χ1n) is 18.9. The predicted octanol–water partition coefficient (Wildman–Crippen LogP) is 14.3. The summed E-state index contributed by atoms with van der Waals surface area (Å²) in [6.45, 7) is 0. The molecule has 0 aliphatic heterocycles. The summed E-state index contributed by atoms with van der Waals surface area (Å²) in [6.07, 6.45) is 0. The Balaban J connectivity index is 1.11. The molecule has 11 rings (SSSR count). The van der Waals surface area contributed by atoms with Crippen LogP contribution < -0.4 is 0 Å². The minimum absolute atomic E-state index is 0.719. The molecule has 0 aliphatic carbocycles. The van der Waals surface area contributed by atoms with E-state index in [4.69, 9.17) is 9.97 Å². The number of rotatable bonds is 6. The number of para-hydroxylation sites is 2. The fourth-order valence-corrected chi connectivity index (χ4v) is 9.50. The summed E-state index contributed by atoms with van der Waals surface area (Å²) >= 11 is 1.85. The van der Waals surface area contributed by atoms with Crippen LogP contribution in [0.2, 0.25) is 0 Å². The van der Waals surface area contributed by atoms with Crippen LogP contribution in [-0.2, 0) is 0 Å². The second-order valence-electron chi connectivity index (χ2n) is 14.2. The monoisotopic (exact) mass is 731 g/mol. The molecule has 0 saturated heterocycles. The van der Waals surface area contributed by atoms with Crippen molar-refractivity contribution in [3.8, 4) is 61.8 Å². The highest BCUT2D eigenvalue weighted by molar-refractivity contribution is 7.27. The standard InChI is InChI=1S/C52H33N3S/c1-4-13-34(14-5-1)36-23-27-38(28-24-36)45-33-46(39-29-25-37(26-30-39)35-15-6-2-7-16-35)54-52(53-45)44-21-12-20-41-42-31-32-48-49(51(42)56-50(41)44)43-19-10-11-22-47(43)55(48)40-17-8-3-9-18-40/h1-33H. The normalized spacial score (nSPS) is 11.6. The van der Waals surface area contributed by atoms with Crippen LogP contribution in [0.1, 0.15) is 0 Å². The molecule has 8 aromatic carbocycles. The Kier molecular flexibility index (Phi) is 7.68. The maximum Gasteiger partial charge on any atom is 0.161 e. The lowest BCUT2D eigenvalue weighted by atomic mass is 10.0. The van der Waals surface area contributed by atoms with E-state index in [-0.39, 0.29) is 0 Å². The highest BCUT2D eigenvalue weighted by Crippen LogP contribution is 2.46. The summed E-state index contributed by atoms with van der Waals surface area (Å²) in [6, 6.07) is 71.2. The molecule has 0 N–H and O–H groups in total. The molecule has 3 heterocycles. The number of benzene rings is 8. The van der Waals surface area contributed by atoms with Crippen molar-refractivity contribution in [2.75, 3.05) is 0 Å². The Morgan fingerprint density at radius 3 is 1.48 bits per heavy atom. The van der Waals surface area contributed by atoms with Crippen LogP contribution in [0.4, 0.5) is 0 Å². The number of hydrogen-bond donors (Lipinski definition) is 0. The van der Waals surface area contributed by atoms with Crippen molar-refractivity contribution in [3.63, 3.8) is 0 Å². The summed E-state index contributed by atoms with van der Waals surface area (Å²) < 4.78 is 4.86. The maximum absolute atomic E-state index is 5.33. The molecular formula is C52H33N3S. The van der Waals surface area contributed by atoms with Gasteiger partial charge in [-0.2, -0.15) is 0 Å². The molecule has 262 valence electrons. The van der Waals surface area contributed by atoms with E-state index in [0.29, 0.717) is 0 Å². The van der Waals surface area contributed by atoms with E-state index in [1.165, 1.54) is 64.2 Å². The SMILES string of the molecule is c1ccc(-c2ccc(-c3cc(-c4ccc(-c5ccccc5)cc4)nc(-c4cccc5c4sc4c5ccc5c4c4ccccc4n5-c4ccccc4)n3)cc2)cc1. The maximum atomic E-state index is 5.33. The Labute approximate surface area is 328 Å². The fraction of sp³-hybridized carbons (Fsp3) is 0. The third kappa shape index (κ3) is 5.42. The summed E-state index contributed by atoms with van der Waals surface area (Å²) in [4.78, 5) is 10.7. The summed E-state index contributed by atoms with van der Waals surface area (Å²) in [5, 5.41) is 5.00. The molecule has 56 heavy (non-hydrogen) atoms. The van der Waals surface area contributed by atoms with Crippen LogP contribution in [0.5, 0.6) is 0 Å². The lowest BCUT2D eigenvalue weighted by molar-refractivity contribution is 1.18. The molecular weight excluding hydrogens is 699 g/mol. The van der Waals surface area contributed by atoms with Gasteiger partial charge in [0, 0.05) is 53.3 Å². The molecule has 0 radical (unpaired) electrons. The van der Waals surface area contributed by atoms with Gasteiger partial charge in [0.2, 0.25) is 0 Å². The third-order valence-electron chi connectivity index (χ3n) is 10.9. The highest BCUT2D eigenvalue weighted by Gasteiger charge is 2.20. The van der Waals surface area contributed by atoms with Gasteiger partial charge in [-0.25, -0.2) is 9.97 Å². The van der Waals surface area contributed by atoms with Gasteiger partial charge in [-0.1, -0.05) is 164 Å². The van der Waals surface area contributed by atoms with Crippen molar-refractivity contribution < 1.29 is 0 Å². The molecule has 0 unspecified atom stereocenters. The van der Waals surface area contributed by atoms with Gasteiger partial charge in [0.05, 0.1) is 22.4 Å². The van der Waals surface area contributed by atoms with Gasteiger partial charge in [-0.15, -0.1) is 11.3 Å². The van der Waals surface area contributed by atoms with E-state index >= 15 is 0 Å². The van der Waals surface area contributed by atoms with Crippen LogP contribution >= 0.6 is 11.3 Å². The van der Waals surface area contributed by atoms with Crippen molar-refractivity contribution in [1.29, 1.82) is 0 Å². The van der Waals surface area contributed by atoms with E-state index in [0.717, 1.165) is 39.6 Å². The lowest BCUT2D eigenvalue weighted by Gasteiger charge is -2.11. The Morgan fingerprint density at radius 1 is 0.357 bits per heavy atom. The molecule has 0 amide bonds. The fourth-order valence-electron chi connectivity index (χ4n) is 8.13. The molecule has 0 fully saturated rings. The number of hydrogen-bond acceptors (Lipinski definition) is 3. The third-order valence-corrected chi connectivity index (χ3v) is 12.1. The minimum atomic E-state index is 0.719. The Hall–Kier alpha value is -7.14. The van der Waals surface area contributed by atoms with Crippen LogP contribution in [0.15, 0.2) is 200 Å². The lowest BCUT2D eigenvalue weighted by Crippen LogP contribution is -1.96. The zero-order valence-electron chi connectivity index (χ0n) is 30.3. The molecule has 3 aromatic heterocycles. The molecule has 4 heteroatoms. The Morgan fingerprint density at radius 2 is 0.857 bits per heavy atom. The number of fused-ring (bicyclic) bond motifs is 7.